The van der Waals surface area contributed by atoms with Gasteiger partial charge in [-0.15, -0.1) is 0 Å². The second-order valence-electron chi connectivity index (χ2n) is 3.92. The molecule has 1 rings (SSSR count). The van der Waals surface area contributed by atoms with Crippen LogP contribution in [-0.4, -0.2) is 36.5 Å². The van der Waals surface area contributed by atoms with E-state index in [-0.39, 0.29) is 0 Å². The Hall–Kier alpha value is -0.570. The molecular weight excluding hydrogens is 176 g/mol. The molecule has 14 heavy (non-hydrogen) atoms. The lowest BCUT2D eigenvalue weighted by Crippen LogP contribution is -2.35. The average molecular weight is 198 g/mol. The van der Waals surface area contributed by atoms with Crippen molar-refractivity contribution in [3.05, 3.63) is 0 Å². The van der Waals surface area contributed by atoms with Gasteiger partial charge in [0.1, 0.15) is 0 Å². The summed E-state index contributed by atoms with van der Waals surface area (Å²) in [6.07, 6.45) is 4.16. The normalized spacial score (nSPS) is 15.6. The van der Waals surface area contributed by atoms with E-state index in [9.17, 15) is 4.79 Å². The van der Waals surface area contributed by atoms with E-state index in [1.807, 2.05) is 0 Å². The van der Waals surface area contributed by atoms with Gasteiger partial charge in [-0.1, -0.05) is 13.8 Å². The third kappa shape index (κ3) is 3.66. The molecule has 0 spiro atoms. The number of rotatable bonds is 7. The van der Waals surface area contributed by atoms with Crippen molar-refractivity contribution in [2.24, 2.45) is 0 Å². The van der Waals surface area contributed by atoms with E-state index >= 15 is 0 Å². The van der Waals surface area contributed by atoms with Crippen LogP contribution in [0.1, 0.15) is 39.5 Å². The van der Waals surface area contributed by atoms with E-state index in [2.05, 4.69) is 24.1 Å². The van der Waals surface area contributed by atoms with E-state index in [1.165, 1.54) is 12.8 Å². The van der Waals surface area contributed by atoms with Gasteiger partial charge in [0.05, 0.1) is 0 Å². The lowest BCUT2D eigenvalue weighted by atomic mass is 10.3. The third-order valence-electron chi connectivity index (χ3n) is 2.54. The zero-order valence-electron chi connectivity index (χ0n) is 9.38. The maximum absolute atomic E-state index is 11.8. The lowest BCUT2D eigenvalue weighted by molar-refractivity contribution is -0.131. The molecule has 0 heterocycles. The van der Waals surface area contributed by atoms with Gasteiger partial charge in [0.25, 0.3) is 0 Å². The molecular formula is C11H22N2O. The third-order valence-corrected chi connectivity index (χ3v) is 2.54. The van der Waals surface area contributed by atoms with Crippen LogP contribution in [0.15, 0.2) is 0 Å². The minimum Gasteiger partial charge on any atom is -0.340 e. The van der Waals surface area contributed by atoms with Crippen molar-refractivity contribution < 1.29 is 4.79 Å². The molecule has 0 bridgehead atoms. The van der Waals surface area contributed by atoms with Crippen molar-refractivity contribution in [3.63, 3.8) is 0 Å². The molecule has 1 saturated carbocycles. The molecule has 1 N–H and O–H groups in total. The molecule has 1 aliphatic carbocycles. The zero-order chi connectivity index (χ0) is 10.4. The number of amides is 1. The quantitative estimate of drug-likeness (QED) is 0.627. The molecule has 0 unspecified atom stereocenters. The number of hydrogen-bond acceptors (Lipinski definition) is 2. The van der Waals surface area contributed by atoms with Crippen LogP contribution < -0.4 is 5.32 Å². The number of nitrogens with zero attached hydrogens (tertiary/aromatic N) is 1. The monoisotopic (exact) mass is 198 g/mol. The van der Waals surface area contributed by atoms with Crippen molar-refractivity contribution in [3.8, 4) is 0 Å². The molecule has 0 aromatic carbocycles. The molecule has 3 heteroatoms. The van der Waals surface area contributed by atoms with Crippen LogP contribution in [0.2, 0.25) is 0 Å². The molecule has 0 aliphatic heterocycles. The standard InChI is InChI=1S/C11H22N2O/c1-3-9-13(10-5-6-10)11(14)7-8-12-4-2/h10,12H,3-9H2,1-2H3. The number of carbonyl (C=O) groups excluding carboxylic acids is 1. The van der Waals surface area contributed by atoms with Gasteiger partial charge < -0.3 is 10.2 Å². The van der Waals surface area contributed by atoms with Crippen molar-refractivity contribution in [2.45, 2.75) is 45.6 Å². The Morgan fingerprint density at radius 2 is 2.14 bits per heavy atom. The Balaban J connectivity index is 2.23. The molecule has 0 atom stereocenters. The van der Waals surface area contributed by atoms with Crippen molar-refractivity contribution in [2.75, 3.05) is 19.6 Å². The van der Waals surface area contributed by atoms with Crippen molar-refractivity contribution >= 4 is 5.91 Å². The topological polar surface area (TPSA) is 32.3 Å². The summed E-state index contributed by atoms with van der Waals surface area (Å²) >= 11 is 0. The van der Waals surface area contributed by atoms with Gasteiger partial charge in [-0.3, -0.25) is 4.79 Å². The van der Waals surface area contributed by atoms with Crippen LogP contribution in [0, 0.1) is 0 Å². The van der Waals surface area contributed by atoms with Crippen LogP contribution in [0.3, 0.4) is 0 Å². The average Bonchev–Trinajstić information content (AvgIpc) is 2.98. The fraction of sp³-hybridized carbons (Fsp3) is 0.909. The predicted molar refractivity (Wildman–Crippen MR) is 58.2 cm³/mol. The second kappa shape index (κ2) is 6.02. The Morgan fingerprint density at radius 1 is 1.43 bits per heavy atom. The van der Waals surface area contributed by atoms with Crippen molar-refractivity contribution in [1.29, 1.82) is 0 Å². The molecule has 3 nitrogen and oxygen atoms in total. The summed E-state index contributed by atoms with van der Waals surface area (Å²) in [5, 5.41) is 3.19. The molecule has 82 valence electrons. The van der Waals surface area contributed by atoms with Gasteiger partial charge in [0.2, 0.25) is 5.91 Å². The fourth-order valence-corrected chi connectivity index (χ4v) is 1.65. The Labute approximate surface area is 86.9 Å². The maximum atomic E-state index is 11.8. The maximum Gasteiger partial charge on any atom is 0.224 e. The van der Waals surface area contributed by atoms with Gasteiger partial charge in [-0.25, -0.2) is 0 Å². The first kappa shape index (κ1) is 11.5. The summed E-state index contributed by atoms with van der Waals surface area (Å²) in [7, 11) is 0. The molecule has 0 radical (unpaired) electrons. The fourth-order valence-electron chi connectivity index (χ4n) is 1.65. The van der Waals surface area contributed by atoms with Gasteiger partial charge in [-0.05, 0) is 25.8 Å². The first-order valence-electron chi connectivity index (χ1n) is 5.79. The highest BCUT2D eigenvalue weighted by atomic mass is 16.2. The Kier molecular flexibility index (Phi) is 4.94. The summed E-state index contributed by atoms with van der Waals surface area (Å²) in [5.41, 5.74) is 0. The van der Waals surface area contributed by atoms with E-state index in [0.717, 1.165) is 26.1 Å². The van der Waals surface area contributed by atoms with Crippen LogP contribution in [0.25, 0.3) is 0 Å². The Bertz CT molecular complexity index is 178. The SMILES string of the molecule is CCCN(C(=O)CCNCC)C1CC1. The minimum absolute atomic E-state index is 0.329. The Morgan fingerprint density at radius 3 is 2.64 bits per heavy atom. The lowest BCUT2D eigenvalue weighted by Gasteiger charge is -2.21. The van der Waals surface area contributed by atoms with Crippen LogP contribution in [0.4, 0.5) is 0 Å². The summed E-state index contributed by atoms with van der Waals surface area (Å²) in [5.74, 6) is 0.329. The number of carbonyl (C=O) groups is 1. The second-order valence-corrected chi connectivity index (χ2v) is 3.92. The largest absolute Gasteiger partial charge is 0.340 e. The van der Waals surface area contributed by atoms with Gasteiger partial charge >= 0.3 is 0 Å². The van der Waals surface area contributed by atoms with E-state index in [0.29, 0.717) is 18.4 Å². The van der Waals surface area contributed by atoms with E-state index in [1.54, 1.807) is 0 Å². The summed E-state index contributed by atoms with van der Waals surface area (Å²) in [6, 6.07) is 0.573. The first-order chi connectivity index (χ1) is 6.79. The highest BCUT2D eigenvalue weighted by molar-refractivity contribution is 5.77. The molecule has 1 fully saturated rings. The highest BCUT2D eigenvalue weighted by Gasteiger charge is 2.31. The summed E-state index contributed by atoms with van der Waals surface area (Å²) in [6.45, 7) is 6.91. The minimum atomic E-state index is 0.329. The van der Waals surface area contributed by atoms with Crippen LogP contribution >= 0.6 is 0 Å². The van der Waals surface area contributed by atoms with Gasteiger partial charge in [-0.2, -0.15) is 0 Å². The number of nitrogens with one attached hydrogen (secondary N) is 1. The van der Waals surface area contributed by atoms with Crippen LogP contribution in [0.5, 0.6) is 0 Å². The smallest absolute Gasteiger partial charge is 0.224 e. The van der Waals surface area contributed by atoms with Crippen molar-refractivity contribution in [1.82, 2.24) is 10.2 Å². The molecule has 0 saturated heterocycles. The zero-order valence-corrected chi connectivity index (χ0v) is 9.38. The number of hydrogen-bond donors (Lipinski definition) is 1. The highest BCUT2D eigenvalue weighted by Crippen LogP contribution is 2.27. The summed E-state index contributed by atoms with van der Waals surface area (Å²) < 4.78 is 0. The van der Waals surface area contributed by atoms with E-state index < -0.39 is 0 Å². The molecule has 1 aliphatic rings. The molecule has 0 aromatic rings. The summed E-state index contributed by atoms with van der Waals surface area (Å²) in [4.78, 5) is 13.8. The molecule has 1 amide bonds. The molecule has 0 aromatic heterocycles. The van der Waals surface area contributed by atoms with E-state index in [4.69, 9.17) is 0 Å². The first-order valence-corrected chi connectivity index (χ1v) is 5.79. The predicted octanol–water partition coefficient (Wildman–Crippen LogP) is 1.39. The van der Waals surface area contributed by atoms with Gasteiger partial charge in [0.15, 0.2) is 0 Å². The van der Waals surface area contributed by atoms with Gasteiger partial charge in [0, 0.05) is 25.6 Å². The van der Waals surface area contributed by atoms with Crippen LogP contribution in [-0.2, 0) is 4.79 Å².